The average molecular weight is 356 g/mol. The van der Waals surface area contributed by atoms with Crippen LogP contribution < -0.4 is 18.9 Å². The first-order valence-electron chi connectivity index (χ1n) is 8.27. The molecular weight excluding hydrogens is 332 g/mol. The Hall–Kier alpha value is -2.95. The van der Waals surface area contributed by atoms with Crippen LogP contribution in [0.1, 0.15) is 29.8 Å². The molecule has 1 atom stereocenters. The molecule has 26 heavy (non-hydrogen) atoms. The van der Waals surface area contributed by atoms with Gasteiger partial charge in [0, 0.05) is 5.56 Å². The molecule has 0 saturated heterocycles. The molecule has 0 fully saturated rings. The number of Topliss-reactive ketones (excluding diaryl/α,β-unsaturated/α-hetero) is 1. The molecular formula is C21H24O5. The number of methoxy groups -OCH3 is 3. The molecule has 0 aliphatic rings. The van der Waals surface area contributed by atoms with E-state index in [4.69, 9.17) is 18.9 Å². The Kier molecular flexibility index (Phi) is 6.67. The first-order valence-corrected chi connectivity index (χ1v) is 8.27. The minimum Gasteiger partial charge on any atom is -0.493 e. The van der Waals surface area contributed by atoms with Crippen molar-refractivity contribution in [3.8, 4) is 23.0 Å². The predicted octanol–water partition coefficient (Wildman–Crippen LogP) is 4.40. The molecule has 0 aliphatic carbocycles. The fourth-order valence-electron chi connectivity index (χ4n) is 2.55. The van der Waals surface area contributed by atoms with E-state index in [1.807, 2.05) is 31.2 Å². The molecule has 2 rings (SSSR count). The van der Waals surface area contributed by atoms with Crippen LogP contribution in [0.15, 0.2) is 42.5 Å². The van der Waals surface area contributed by atoms with Crippen molar-refractivity contribution in [2.45, 2.75) is 20.0 Å². The number of allylic oxidation sites excluding steroid dienone is 1. The molecule has 138 valence electrons. The summed E-state index contributed by atoms with van der Waals surface area (Å²) >= 11 is 0. The molecule has 0 heterocycles. The SMILES string of the molecule is CC=Cc1ccc(OC(C)C(=O)c2ccc(OC)c(OC)c2)c(OC)c1. The zero-order chi connectivity index (χ0) is 19.1. The Balaban J connectivity index is 2.21. The van der Waals surface area contributed by atoms with Crippen molar-refractivity contribution >= 4 is 11.9 Å². The number of rotatable bonds is 8. The molecule has 2 aromatic rings. The third-order valence-electron chi connectivity index (χ3n) is 3.89. The van der Waals surface area contributed by atoms with Crippen molar-refractivity contribution in [3.63, 3.8) is 0 Å². The Morgan fingerprint density at radius 3 is 2.12 bits per heavy atom. The second-order valence-corrected chi connectivity index (χ2v) is 5.60. The Bertz CT molecular complexity index is 795. The van der Waals surface area contributed by atoms with Gasteiger partial charge in [0.1, 0.15) is 0 Å². The Morgan fingerprint density at radius 1 is 0.885 bits per heavy atom. The number of ketones is 1. The largest absolute Gasteiger partial charge is 0.493 e. The summed E-state index contributed by atoms with van der Waals surface area (Å²) in [6, 6.07) is 10.6. The molecule has 0 bridgehead atoms. The molecule has 0 aromatic heterocycles. The van der Waals surface area contributed by atoms with Crippen LogP contribution in [0.5, 0.6) is 23.0 Å². The molecule has 0 amide bonds. The van der Waals surface area contributed by atoms with Crippen LogP contribution in [0.3, 0.4) is 0 Å². The number of hydrogen-bond acceptors (Lipinski definition) is 5. The van der Waals surface area contributed by atoms with E-state index in [0.717, 1.165) is 5.56 Å². The van der Waals surface area contributed by atoms with Crippen molar-refractivity contribution < 1.29 is 23.7 Å². The van der Waals surface area contributed by atoms with E-state index < -0.39 is 6.10 Å². The quantitative estimate of drug-likeness (QED) is 0.656. The monoisotopic (exact) mass is 356 g/mol. The number of carbonyl (C=O) groups is 1. The summed E-state index contributed by atoms with van der Waals surface area (Å²) in [5.41, 5.74) is 1.48. The van der Waals surface area contributed by atoms with E-state index in [0.29, 0.717) is 28.6 Å². The molecule has 0 spiro atoms. The summed E-state index contributed by atoms with van der Waals surface area (Å²) in [6.07, 6.45) is 3.22. The van der Waals surface area contributed by atoms with Gasteiger partial charge in [-0.15, -0.1) is 0 Å². The van der Waals surface area contributed by atoms with Gasteiger partial charge in [0.2, 0.25) is 5.78 Å². The number of hydrogen-bond donors (Lipinski definition) is 0. The second kappa shape index (κ2) is 8.94. The zero-order valence-corrected chi connectivity index (χ0v) is 15.7. The smallest absolute Gasteiger partial charge is 0.203 e. The van der Waals surface area contributed by atoms with E-state index in [1.165, 1.54) is 7.11 Å². The van der Waals surface area contributed by atoms with E-state index in [-0.39, 0.29) is 5.78 Å². The molecule has 0 aliphatic heterocycles. The maximum Gasteiger partial charge on any atom is 0.203 e. The van der Waals surface area contributed by atoms with Crippen LogP contribution >= 0.6 is 0 Å². The number of carbonyl (C=O) groups excluding carboxylic acids is 1. The van der Waals surface area contributed by atoms with Gasteiger partial charge in [-0.05, 0) is 49.7 Å². The maximum absolute atomic E-state index is 12.7. The summed E-state index contributed by atoms with van der Waals surface area (Å²) < 4.78 is 21.7. The lowest BCUT2D eigenvalue weighted by Gasteiger charge is -2.17. The van der Waals surface area contributed by atoms with E-state index in [1.54, 1.807) is 45.4 Å². The lowest BCUT2D eigenvalue weighted by atomic mass is 10.1. The van der Waals surface area contributed by atoms with Crippen LogP contribution in [-0.4, -0.2) is 33.2 Å². The van der Waals surface area contributed by atoms with Gasteiger partial charge in [-0.2, -0.15) is 0 Å². The Labute approximate surface area is 154 Å². The summed E-state index contributed by atoms with van der Waals surface area (Å²) in [6.45, 7) is 3.65. The van der Waals surface area contributed by atoms with Crippen LogP contribution in [-0.2, 0) is 0 Å². The van der Waals surface area contributed by atoms with Crippen molar-refractivity contribution in [1.29, 1.82) is 0 Å². The molecule has 1 unspecified atom stereocenters. The molecule has 2 aromatic carbocycles. The van der Waals surface area contributed by atoms with Crippen LogP contribution in [0.25, 0.3) is 6.08 Å². The fourth-order valence-corrected chi connectivity index (χ4v) is 2.55. The highest BCUT2D eigenvalue weighted by molar-refractivity contribution is 6.00. The van der Waals surface area contributed by atoms with Gasteiger partial charge in [0.15, 0.2) is 29.1 Å². The molecule has 0 radical (unpaired) electrons. The fraction of sp³-hybridized carbons (Fsp3) is 0.286. The maximum atomic E-state index is 12.7. The minimum absolute atomic E-state index is 0.162. The molecule has 5 nitrogen and oxygen atoms in total. The predicted molar refractivity (Wildman–Crippen MR) is 102 cm³/mol. The zero-order valence-electron chi connectivity index (χ0n) is 15.7. The van der Waals surface area contributed by atoms with Gasteiger partial charge in [-0.25, -0.2) is 0 Å². The van der Waals surface area contributed by atoms with Crippen molar-refractivity contribution in [2.24, 2.45) is 0 Å². The highest BCUT2D eigenvalue weighted by Gasteiger charge is 2.20. The van der Waals surface area contributed by atoms with Gasteiger partial charge in [-0.1, -0.05) is 18.2 Å². The summed E-state index contributed by atoms with van der Waals surface area (Å²) in [5, 5.41) is 0. The van der Waals surface area contributed by atoms with Gasteiger partial charge in [-0.3, -0.25) is 4.79 Å². The third kappa shape index (κ3) is 4.36. The molecule has 0 N–H and O–H groups in total. The first kappa shape index (κ1) is 19.4. The highest BCUT2D eigenvalue weighted by Crippen LogP contribution is 2.31. The lowest BCUT2D eigenvalue weighted by Crippen LogP contribution is -2.24. The first-order chi connectivity index (χ1) is 12.5. The average Bonchev–Trinajstić information content (AvgIpc) is 2.67. The van der Waals surface area contributed by atoms with Gasteiger partial charge < -0.3 is 18.9 Å². The van der Waals surface area contributed by atoms with E-state index in [2.05, 4.69) is 0 Å². The normalized spacial score (nSPS) is 11.9. The van der Waals surface area contributed by atoms with Gasteiger partial charge >= 0.3 is 0 Å². The van der Waals surface area contributed by atoms with Crippen molar-refractivity contribution in [1.82, 2.24) is 0 Å². The second-order valence-electron chi connectivity index (χ2n) is 5.60. The third-order valence-corrected chi connectivity index (χ3v) is 3.89. The van der Waals surface area contributed by atoms with Gasteiger partial charge in [0.25, 0.3) is 0 Å². The van der Waals surface area contributed by atoms with E-state index >= 15 is 0 Å². The molecule has 0 saturated carbocycles. The van der Waals surface area contributed by atoms with Crippen molar-refractivity contribution in [2.75, 3.05) is 21.3 Å². The highest BCUT2D eigenvalue weighted by atomic mass is 16.5. The molecule has 5 heteroatoms. The number of ether oxygens (including phenoxy) is 4. The standard InChI is InChI=1S/C21H24O5/c1-6-7-15-8-10-18(19(12-15)24-4)26-14(2)21(22)16-9-11-17(23-3)20(13-16)25-5/h6-14H,1-5H3. The van der Waals surface area contributed by atoms with Crippen LogP contribution in [0.2, 0.25) is 0 Å². The topological polar surface area (TPSA) is 54.0 Å². The number of benzene rings is 2. The minimum atomic E-state index is -0.686. The van der Waals surface area contributed by atoms with Gasteiger partial charge in [0.05, 0.1) is 21.3 Å². The lowest BCUT2D eigenvalue weighted by molar-refractivity contribution is 0.0813. The van der Waals surface area contributed by atoms with Crippen LogP contribution in [0, 0.1) is 0 Å². The van der Waals surface area contributed by atoms with Crippen molar-refractivity contribution in [3.05, 3.63) is 53.6 Å². The Morgan fingerprint density at radius 2 is 1.50 bits per heavy atom. The van der Waals surface area contributed by atoms with Crippen LogP contribution in [0.4, 0.5) is 0 Å². The summed E-state index contributed by atoms with van der Waals surface area (Å²) in [5.74, 6) is 2.00. The summed E-state index contributed by atoms with van der Waals surface area (Å²) in [7, 11) is 4.65. The van der Waals surface area contributed by atoms with E-state index in [9.17, 15) is 4.79 Å². The summed E-state index contributed by atoms with van der Waals surface area (Å²) in [4.78, 5) is 12.7.